The van der Waals surface area contributed by atoms with Crippen LogP contribution in [0, 0.1) is 5.41 Å². The van der Waals surface area contributed by atoms with Crippen molar-refractivity contribution in [1.29, 1.82) is 0 Å². The van der Waals surface area contributed by atoms with Crippen molar-refractivity contribution in [3.8, 4) is 5.75 Å². The molecule has 2 nitrogen and oxygen atoms in total. The summed E-state index contributed by atoms with van der Waals surface area (Å²) in [5.41, 5.74) is 1.53. The van der Waals surface area contributed by atoms with Crippen LogP contribution in [0.25, 0.3) is 0 Å². The highest BCUT2D eigenvalue weighted by molar-refractivity contribution is 9.11. The van der Waals surface area contributed by atoms with Crippen LogP contribution in [0.2, 0.25) is 0 Å². The summed E-state index contributed by atoms with van der Waals surface area (Å²) in [7, 11) is 0. The van der Waals surface area contributed by atoms with Crippen molar-refractivity contribution in [2.24, 2.45) is 5.41 Å². The van der Waals surface area contributed by atoms with Gasteiger partial charge in [-0.25, -0.2) is 0 Å². The molecule has 1 aromatic carbocycles. The van der Waals surface area contributed by atoms with Gasteiger partial charge in [0.05, 0.1) is 15.6 Å². The van der Waals surface area contributed by atoms with E-state index in [4.69, 9.17) is 4.74 Å². The van der Waals surface area contributed by atoms with Gasteiger partial charge in [0.2, 0.25) is 0 Å². The fraction of sp³-hybridized carbons (Fsp3) is 0.625. The number of rotatable bonds is 6. The summed E-state index contributed by atoms with van der Waals surface area (Å²) in [4.78, 5) is 0. The molecular formula is C16H25Br2NO. The van der Waals surface area contributed by atoms with Gasteiger partial charge < -0.3 is 10.1 Å². The summed E-state index contributed by atoms with van der Waals surface area (Å²) >= 11 is 7.21. The number of hydrogen-bond donors (Lipinski definition) is 1. The second-order valence-electron chi connectivity index (χ2n) is 6.58. The van der Waals surface area contributed by atoms with Gasteiger partial charge in [0.1, 0.15) is 5.75 Å². The number of ether oxygens (including phenoxy) is 1. The molecule has 1 aromatic rings. The fourth-order valence-corrected chi connectivity index (χ4v) is 3.14. The fourth-order valence-electron chi connectivity index (χ4n) is 1.63. The smallest absolute Gasteiger partial charge is 0.147 e. The van der Waals surface area contributed by atoms with Gasteiger partial charge in [0, 0.05) is 12.6 Å². The summed E-state index contributed by atoms with van der Waals surface area (Å²) in [6.45, 7) is 12.5. The lowest BCUT2D eigenvalue weighted by Crippen LogP contribution is -2.21. The summed E-state index contributed by atoms with van der Waals surface area (Å²) in [6, 6.07) is 4.72. The molecule has 0 aliphatic heterocycles. The van der Waals surface area contributed by atoms with E-state index in [1.807, 2.05) is 0 Å². The number of benzene rings is 1. The molecule has 0 radical (unpaired) electrons. The van der Waals surface area contributed by atoms with Gasteiger partial charge in [0.25, 0.3) is 0 Å². The van der Waals surface area contributed by atoms with Crippen LogP contribution in [0.3, 0.4) is 0 Å². The number of halogens is 2. The average Bonchev–Trinajstić information content (AvgIpc) is 2.28. The first-order valence-electron chi connectivity index (χ1n) is 7.03. The first-order valence-corrected chi connectivity index (χ1v) is 8.62. The van der Waals surface area contributed by atoms with Gasteiger partial charge in [-0.3, -0.25) is 0 Å². The van der Waals surface area contributed by atoms with Gasteiger partial charge >= 0.3 is 0 Å². The Kier molecular flexibility index (Phi) is 7.02. The van der Waals surface area contributed by atoms with Crippen molar-refractivity contribution in [2.45, 2.75) is 53.6 Å². The molecule has 0 saturated carbocycles. The van der Waals surface area contributed by atoms with Crippen molar-refractivity contribution >= 4 is 31.9 Å². The maximum Gasteiger partial charge on any atom is 0.147 e. The Balaban J connectivity index is 2.69. The van der Waals surface area contributed by atoms with Crippen molar-refractivity contribution < 1.29 is 4.74 Å². The lowest BCUT2D eigenvalue weighted by Gasteiger charge is -2.19. The van der Waals surface area contributed by atoms with Crippen molar-refractivity contribution in [1.82, 2.24) is 5.32 Å². The molecule has 0 aliphatic carbocycles. The van der Waals surface area contributed by atoms with E-state index in [0.717, 1.165) is 34.3 Å². The quantitative estimate of drug-likeness (QED) is 0.670. The lowest BCUT2D eigenvalue weighted by molar-refractivity contribution is 0.241. The molecular weight excluding hydrogens is 382 g/mol. The highest BCUT2D eigenvalue weighted by atomic mass is 79.9. The molecule has 0 atom stereocenters. The monoisotopic (exact) mass is 405 g/mol. The topological polar surface area (TPSA) is 21.3 Å². The van der Waals surface area contributed by atoms with Crippen molar-refractivity contribution in [3.63, 3.8) is 0 Å². The first-order chi connectivity index (χ1) is 9.19. The summed E-state index contributed by atoms with van der Waals surface area (Å²) in [5.74, 6) is 0.891. The van der Waals surface area contributed by atoms with E-state index >= 15 is 0 Å². The molecule has 4 heteroatoms. The van der Waals surface area contributed by atoms with Crippen molar-refractivity contribution in [2.75, 3.05) is 6.61 Å². The molecule has 1 N–H and O–H groups in total. The molecule has 0 spiro atoms. The van der Waals surface area contributed by atoms with Crippen LogP contribution < -0.4 is 10.1 Å². The van der Waals surface area contributed by atoms with Crippen LogP contribution in [0.1, 0.15) is 46.6 Å². The maximum atomic E-state index is 5.91. The Morgan fingerprint density at radius 2 is 1.70 bits per heavy atom. The van der Waals surface area contributed by atoms with Gasteiger partial charge in [-0.05, 0) is 61.4 Å². The van der Waals surface area contributed by atoms with E-state index in [0.29, 0.717) is 11.5 Å². The van der Waals surface area contributed by atoms with Crippen LogP contribution >= 0.6 is 31.9 Å². The van der Waals surface area contributed by atoms with Crippen LogP contribution in [-0.2, 0) is 6.54 Å². The van der Waals surface area contributed by atoms with E-state index in [-0.39, 0.29) is 0 Å². The molecule has 0 saturated heterocycles. The Morgan fingerprint density at radius 3 is 2.15 bits per heavy atom. The summed E-state index contributed by atoms with van der Waals surface area (Å²) < 4.78 is 7.91. The highest BCUT2D eigenvalue weighted by Crippen LogP contribution is 2.35. The number of nitrogens with one attached hydrogen (secondary N) is 1. The predicted octanol–water partition coefficient (Wildman–Crippen LogP) is 5.52. The largest absolute Gasteiger partial charge is 0.491 e. The van der Waals surface area contributed by atoms with Gasteiger partial charge in [-0.15, -0.1) is 0 Å². The zero-order valence-electron chi connectivity index (χ0n) is 13.0. The van der Waals surface area contributed by atoms with Crippen LogP contribution in [0.4, 0.5) is 0 Å². The minimum Gasteiger partial charge on any atom is -0.491 e. The second-order valence-corrected chi connectivity index (χ2v) is 8.29. The van der Waals surface area contributed by atoms with E-state index in [9.17, 15) is 0 Å². The lowest BCUT2D eigenvalue weighted by atomic mass is 9.93. The molecule has 0 unspecified atom stereocenters. The summed E-state index contributed by atoms with van der Waals surface area (Å²) in [6.07, 6.45) is 1.03. The predicted molar refractivity (Wildman–Crippen MR) is 93.4 cm³/mol. The van der Waals surface area contributed by atoms with Crippen LogP contribution in [0.5, 0.6) is 5.75 Å². The summed E-state index contributed by atoms with van der Waals surface area (Å²) in [5, 5.41) is 3.42. The molecule has 20 heavy (non-hydrogen) atoms. The SMILES string of the molecule is CC(C)NCc1cc(Br)c(OCCC(C)(C)C)c(Br)c1. The highest BCUT2D eigenvalue weighted by Gasteiger charge is 2.13. The van der Waals surface area contributed by atoms with Crippen molar-refractivity contribution in [3.05, 3.63) is 26.6 Å². The van der Waals surface area contributed by atoms with Crippen LogP contribution in [0.15, 0.2) is 21.1 Å². The molecule has 0 bridgehead atoms. The molecule has 114 valence electrons. The minimum atomic E-state index is 0.292. The zero-order chi connectivity index (χ0) is 15.3. The molecule has 0 heterocycles. The number of hydrogen-bond acceptors (Lipinski definition) is 2. The molecule has 0 aliphatic rings. The van der Waals surface area contributed by atoms with Crippen LogP contribution in [-0.4, -0.2) is 12.6 Å². The second kappa shape index (κ2) is 7.81. The Morgan fingerprint density at radius 1 is 1.15 bits per heavy atom. The van der Waals surface area contributed by atoms with Gasteiger partial charge in [-0.2, -0.15) is 0 Å². The first kappa shape index (κ1) is 18.0. The normalized spacial score (nSPS) is 12.0. The van der Waals surface area contributed by atoms with Gasteiger partial charge in [0.15, 0.2) is 0 Å². The molecule has 1 rings (SSSR count). The molecule has 0 aromatic heterocycles. The Hall–Kier alpha value is -0.0600. The third-order valence-electron chi connectivity index (χ3n) is 2.87. The Bertz CT molecular complexity index is 416. The third kappa shape index (κ3) is 6.59. The van der Waals surface area contributed by atoms with E-state index in [1.54, 1.807) is 0 Å². The molecule has 0 amide bonds. The molecule has 0 fully saturated rings. The minimum absolute atomic E-state index is 0.292. The van der Waals surface area contributed by atoms with E-state index in [1.165, 1.54) is 5.56 Å². The van der Waals surface area contributed by atoms with Gasteiger partial charge in [-0.1, -0.05) is 34.6 Å². The Labute approximate surface area is 139 Å². The third-order valence-corrected chi connectivity index (χ3v) is 4.05. The zero-order valence-corrected chi connectivity index (χ0v) is 16.2. The van der Waals surface area contributed by atoms with E-state index in [2.05, 4.69) is 83.9 Å². The standard InChI is InChI=1S/C16H25Br2NO/c1-11(2)19-10-12-8-13(17)15(14(18)9-12)20-7-6-16(3,4)5/h8-9,11,19H,6-7,10H2,1-5H3. The average molecular weight is 407 g/mol. The maximum absolute atomic E-state index is 5.91. The van der Waals surface area contributed by atoms with E-state index < -0.39 is 0 Å².